The molecular weight excluding hydrogens is 192 g/mol. The maximum absolute atomic E-state index is 11.6. The predicted molar refractivity (Wildman–Crippen MR) is 56.8 cm³/mol. The molecule has 0 aliphatic heterocycles. The Morgan fingerprint density at radius 2 is 2.00 bits per heavy atom. The molecule has 0 aliphatic rings. The summed E-state index contributed by atoms with van der Waals surface area (Å²) in [5.74, 6) is 0.943. The van der Waals surface area contributed by atoms with Gasteiger partial charge < -0.3 is 4.52 Å². The smallest absolute Gasteiger partial charge is 0.294 e. The fraction of sp³-hybridized carbons (Fsp3) is 0.727. The molecule has 1 aromatic heterocycles. The van der Waals surface area contributed by atoms with Gasteiger partial charge >= 0.3 is 0 Å². The lowest BCUT2D eigenvalue weighted by molar-refractivity contribution is 0.0924. The maximum atomic E-state index is 11.6. The minimum absolute atomic E-state index is 0.0759. The third-order valence-electron chi connectivity index (χ3n) is 1.93. The van der Waals surface area contributed by atoms with E-state index in [0.717, 1.165) is 0 Å². The first kappa shape index (κ1) is 11.9. The number of Topliss-reactive ketones (excluding diaryl/α,β-unsaturated/α-hetero) is 1. The van der Waals surface area contributed by atoms with Crippen LogP contribution < -0.4 is 0 Å². The second kappa shape index (κ2) is 4.13. The number of nitrogens with zero attached hydrogens (tertiary/aromatic N) is 2. The Bertz CT molecular complexity index is 348. The molecule has 0 amide bonds. The molecule has 15 heavy (non-hydrogen) atoms. The molecule has 0 aromatic carbocycles. The topological polar surface area (TPSA) is 56.0 Å². The van der Waals surface area contributed by atoms with Gasteiger partial charge in [-0.15, -0.1) is 0 Å². The van der Waals surface area contributed by atoms with E-state index in [9.17, 15) is 4.79 Å². The van der Waals surface area contributed by atoms with Gasteiger partial charge in [-0.2, -0.15) is 4.98 Å². The Hall–Kier alpha value is -1.19. The highest BCUT2D eigenvalue weighted by molar-refractivity contribution is 5.91. The minimum Gasteiger partial charge on any atom is -0.331 e. The zero-order valence-electron chi connectivity index (χ0n) is 10.00. The van der Waals surface area contributed by atoms with Crippen LogP contribution in [0.3, 0.4) is 0 Å². The maximum Gasteiger partial charge on any atom is 0.294 e. The predicted octanol–water partition coefficient (Wildman–Crippen LogP) is 2.60. The molecule has 0 atom stereocenters. The van der Waals surface area contributed by atoms with Crippen molar-refractivity contribution in [3.8, 4) is 0 Å². The molecule has 0 saturated carbocycles. The van der Waals surface area contributed by atoms with Crippen LogP contribution in [-0.2, 0) is 5.41 Å². The Morgan fingerprint density at radius 1 is 1.40 bits per heavy atom. The van der Waals surface area contributed by atoms with E-state index in [-0.39, 0.29) is 17.1 Å². The molecule has 0 spiro atoms. The number of rotatable bonds is 3. The second-order valence-corrected chi connectivity index (χ2v) is 5.19. The molecule has 0 unspecified atom stereocenters. The van der Waals surface area contributed by atoms with Crippen molar-refractivity contribution in [2.24, 2.45) is 5.92 Å². The van der Waals surface area contributed by atoms with Crippen LogP contribution in [-0.4, -0.2) is 15.9 Å². The minimum atomic E-state index is -0.181. The molecule has 0 fully saturated rings. The number of hydrogen-bond donors (Lipinski definition) is 0. The summed E-state index contributed by atoms with van der Waals surface area (Å²) in [6.07, 6.45) is 0.450. The Morgan fingerprint density at radius 3 is 2.40 bits per heavy atom. The summed E-state index contributed by atoms with van der Waals surface area (Å²) in [6.45, 7) is 9.91. The van der Waals surface area contributed by atoms with Gasteiger partial charge in [0.05, 0.1) is 0 Å². The summed E-state index contributed by atoms with van der Waals surface area (Å²) < 4.78 is 4.94. The van der Waals surface area contributed by atoms with E-state index in [1.807, 2.05) is 34.6 Å². The van der Waals surface area contributed by atoms with Crippen molar-refractivity contribution >= 4 is 5.78 Å². The molecule has 0 aliphatic carbocycles. The van der Waals surface area contributed by atoms with Crippen LogP contribution in [0.25, 0.3) is 0 Å². The van der Waals surface area contributed by atoms with Crippen LogP contribution in [0.2, 0.25) is 0 Å². The van der Waals surface area contributed by atoms with Crippen molar-refractivity contribution in [2.45, 2.75) is 46.5 Å². The lowest BCUT2D eigenvalue weighted by atomic mass is 9.96. The van der Waals surface area contributed by atoms with Crippen molar-refractivity contribution in [1.82, 2.24) is 10.1 Å². The third-order valence-corrected chi connectivity index (χ3v) is 1.93. The second-order valence-electron chi connectivity index (χ2n) is 5.19. The largest absolute Gasteiger partial charge is 0.331 e. The van der Waals surface area contributed by atoms with Crippen LogP contribution in [0.5, 0.6) is 0 Å². The Kier molecular flexibility index (Phi) is 3.27. The molecular formula is C11H18N2O2. The van der Waals surface area contributed by atoms with Gasteiger partial charge in [0, 0.05) is 11.8 Å². The summed E-state index contributed by atoms with van der Waals surface area (Å²) in [4.78, 5) is 15.7. The zero-order chi connectivity index (χ0) is 11.6. The van der Waals surface area contributed by atoms with Gasteiger partial charge in [-0.25, -0.2) is 0 Å². The zero-order valence-corrected chi connectivity index (χ0v) is 10.00. The summed E-state index contributed by atoms with van der Waals surface area (Å²) in [7, 11) is 0. The lowest BCUT2D eigenvalue weighted by Crippen LogP contribution is -2.14. The van der Waals surface area contributed by atoms with Crippen LogP contribution in [0.1, 0.15) is 57.5 Å². The molecule has 84 valence electrons. The first-order valence-electron chi connectivity index (χ1n) is 5.18. The fourth-order valence-corrected chi connectivity index (χ4v) is 1.10. The average molecular weight is 210 g/mol. The Balaban J connectivity index is 2.81. The van der Waals surface area contributed by atoms with Gasteiger partial charge in [0.1, 0.15) is 0 Å². The van der Waals surface area contributed by atoms with Crippen LogP contribution in [0, 0.1) is 5.92 Å². The SMILES string of the molecule is CC(C)CC(=O)c1nc(C(C)(C)C)no1. The van der Waals surface area contributed by atoms with Crippen molar-refractivity contribution in [3.63, 3.8) is 0 Å². The van der Waals surface area contributed by atoms with Crippen molar-refractivity contribution in [3.05, 3.63) is 11.7 Å². The van der Waals surface area contributed by atoms with E-state index in [2.05, 4.69) is 10.1 Å². The summed E-state index contributed by atoms with van der Waals surface area (Å²) in [5, 5.41) is 3.81. The van der Waals surface area contributed by atoms with Gasteiger partial charge in [0.15, 0.2) is 5.82 Å². The molecule has 0 radical (unpaired) electrons. The fourth-order valence-electron chi connectivity index (χ4n) is 1.10. The molecule has 4 nitrogen and oxygen atoms in total. The van der Waals surface area contributed by atoms with Crippen molar-refractivity contribution in [2.75, 3.05) is 0 Å². The first-order chi connectivity index (χ1) is 6.80. The third kappa shape index (κ3) is 3.15. The van der Waals surface area contributed by atoms with Crippen molar-refractivity contribution < 1.29 is 9.32 Å². The summed E-state index contributed by atoms with van der Waals surface area (Å²) in [5.41, 5.74) is -0.181. The monoisotopic (exact) mass is 210 g/mol. The van der Waals surface area contributed by atoms with Gasteiger partial charge in [-0.3, -0.25) is 4.79 Å². The summed E-state index contributed by atoms with van der Waals surface area (Å²) in [6, 6.07) is 0. The van der Waals surface area contributed by atoms with E-state index >= 15 is 0 Å². The van der Waals surface area contributed by atoms with E-state index < -0.39 is 0 Å². The normalized spacial score (nSPS) is 12.1. The Labute approximate surface area is 90.1 Å². The van der Waals surface area contributed by atoms with Gasteiger partial charge in [-0.05, 0) is 5.92 Å². The van der Waals surface area contributed by atoms with Crippen molar-refractivity contribution in [1.29, 1.82) is 0 Å². The summed E-state index contributed by atoms with van der Waals surface area (Å²) >= 11 is 0. The molecule has 1 heterocycles. The van der Waals surface area contributed by atoms with Gasteiger partial charge in [0.25, 0.3) is 5.89 Å². The number of aromatic nitrogens is 2. The average Bonchev–Trinajstić information content (AvgIpc) is 2.48. The van der Waals surface area contributed by atoms with Gasteiger partial charge in [0.2, 0.25) is 5.78 Å². The molecule has 0 bridgehead atoms. The number of hydrogen-bond acceptors (Lipinski definition) is 4. The molecule has 1 aromatic rings. The molecule has 0 N–H and O–H groups in total. The van der Waals surface area contributed by atoms with Crippen LogP contribution >= 0.6 is 0 Å². The standard InChI is InChI=1S/C11H18N2O2/c1-7(2)6-8(14)9-12-10(13-15-9)11(3,4)5/h7H,6H2,1-5H3. The van der Waals surface area contributed by atoms with Crippen LogP contribution in [0.15, 0.2) is 4.52 Å². The highest BCUT2D eigenvalue weighted by atomic mass is 16.5. The van der Waals surface area contributed by atoms with E-state index in [4.69, 9.17) is 4.52 Å². The quantitative estimate of drug-likeness (QED) is 0.719. The highest BCUT2D eigenvalue weighted by Gasteiger charge is 2.23. The number of ketones is 1. The first-order valence-corrected chi connectivity index (χ1v) is 5.18. The highest BCUT2D eigenvalue weighted by Crippen LogP contribution is 2.19. The molecule has 1 rings (SSSR count). The number of carbonyl (C=O) groups excluding carboxylic acids is 1. The van der Waals surface area contributed by atoms with E-state index in [0.29, 0.717) is 18.2 Å². The molecule has 4 heteroatoms. The van der Waals surface area contributed by atoms with Gasteiger partial charge in [-0.1, -0.05) is 39.8 Å². The molecule has 0 saturated heterocycles. The number of carbonyl (C=O) groups is 1. The van der Waals surface area contributed by atoms with Crippen LogP contribution in [0.4, 0.5) is 0 Å². The van der Waals surface area contributed by atoms with E-state index in [1.165, 1.54) is 0 Å². The lowest BCUT2D eigenvalue weighted by Gasteiger charge is -2.10. The van der Waals surface area contributed by atoms with E-state index in [1.54, 1.807) is 0 Å².